The Kier molecular flexibility index (Phi) is 4.48. The van der Waals surface area contributed by atoms with Gasteiger partial charge in [-0.05, 0) is 43.0 Å². The molecule has 0 aromatic heterocycles. The summed E-state index contributed by atoms with van der Waals surface area (Å²) in [6.07, 6.45) is 0. The molecule has 1 amide bonds. The standard InChI is InChI=1S/C14H19NO3/c1-8-6-12(7-15-14(17)11(4)16)9(2)10(3)13(8)18-5/h6H,7H2,1-5H3,(H,15,17). The number of methoxy groups -OCH3 is 1. The predicted molar refractivity (Wildman–Crippen MR) is 69.7 cm³/mol. The molecule has 4 nitrogen and oxygen atoms in total. The molecule has 1 rings (SSSR count). The van der Waals surface area contributed by atoms with Gasteiger partial charge in [0, 0.05) is 13.5 Å². The number of ketones is 1. The summed E-state index contributed by atoms with van der Waals surface area (Å²) in [5.74, 6) is -0.163. The van der Waals surface area contributed by atoms with Crippen molar-refractivity contribution in [2.45, 2.75) is 34.2 Å². The summed E-state index contributed by atoms with van der Waals surface area (Å²) in [6.45, 7) is 7.54. The Morgan fingerprint density at radius 1 is 1.22 bits per heavy atom. The van der Waals surface area contributed by atoms with Crippen molar-refractivity contribution in [3.8, 4) is 5.75 Å². The third-order valence-electron chi connectivity index (χ3n) is 3.10. The second-order valence-electron chi connectivity index (χ2n) is 4.37. The third kappa shape index (κ3) is 2.88. The molecule has 0 saturated heterocycles. The number of ether oxygens (including phenoxy) is 1. The van der Waals surface area contributed by atoms with Gasteiger partial charge in [0.1, 0.15) is 5.75 Å². The molecule has 98 valence electrons. The molecule has 0 atom stereocenters. The summed E-state index contributed by atoms with van der Waals surface area (Å²) in [4.78, 5) is 22.1. The SMILES string of the molecule is COc1c(C)cc(CNC(=O)C(C)=O)c(C)c1C. The van der Waals surface area contributed by atoms with Gasteiger partial charge in [-0.2, -0.15) is 0 Å². The van der Waals surface area contributed by atoms with Crippen LogP contribution >= 0.6 is 0 Å². The Hall–Kier alpha value is -1.84. The van der Waals surface area contributed by atoms with E-state index in [4.69, 9.17) is 4.74 Å². The monoisotopic (exact) mass is 249 g/mol. The van der Waals surface area contributed by atoms with Crippen molar-refractivity contribution >= 4 is 11.7 Å². The molecule has 0 spiro atoms. The average Bonchev–Trinajstić information content (AvgIpc) is 2.32. The Morgan fingerprint density at radius 3 is 2.33 bits per heavy atom. The molecule has 0 aliphatic carbocycles. The van der Waals surface area contributed by atoms with Crippen LogP contribution in [-0.2, 0) is 16.1 Å². The second-order valence-corrected chi connectivity index (χ2v) is 4.37. The number of carbonyl (C=O) groups excluding carboxylic acids is 2. The van der Waals surface area contributed by atoms with Crippen LogP contribution in [0, 0.1) is 20.8 Å². The topological polar surface area (TPSA) is 55.4 Å². The first-order chi connectivity index (χ1) is 8.38. The zero-order valence-electron chi connectivity index (χ0n) is 11.5. The molecule has 1 N–H and O–H groups in total. The summed E-state index contributed by atoms with van der Waals surface area (Å²) in [5.41, 5.74) is 4.15. The Labute approximate surface area is 107 Å². The smallest absolute Gasteiger partial charge is 0.287 e. The zero-order valence-corrected chi connectivity index (χ0v) is 11.5. The van der Waals surface area contributed by atoms with Crippen LogP contribution in [0.1, 0.15) is 29.2 Å². The zero-order chi connectivity index (χ0) is 13.9. The van der Waals surface area contributed by atoms with Gasteiger partial charge in [0.25, 0.3) is 5.91 Å². The van der Waals surface area contributed by atoms with Crippen LogP contribution in [0.4, 0.5) is 0 Å². The van der Waals surface area contributed by atoms with Crippen molar-refractivity contribution < 1.29 is 14.3 Å². The Balaban J connectivity index is 2.98. The summed E-state index contributed by atoms with van der Waals surface area (Å²) in [6, 6.07) is 1.97. The highest BCUT2D eigenvalue weighted by Crippen LogP contribution is 2.28. The van der Waals surface area contributed by atoms with Gasteiger partial charge in [0.15, 0.2) is 0 Å². The molecule has 0 unspecified atom stereocenters. The van der Waals surface area contributed by atoms with Gasteiger partial charge in [0.2, 0.25) is 5.78 Å². The highest BCUT2D eigenvalue weighted by atomic mass is 16.5. The molecule has 0 aliphatic rings. The lowest BCUT2D eigenvalue weighted by molar-refractivity contribution is -0.136. The molecule has 0 bridgehead atoms. The van der Waals surface area contributed by atoms with Crippen molar-refractivity contribution in [3.05, 3.63) is 28.3 Å². The Bertz CT molecular complexity index is 492. The lowest BCUT2D eigenvalue weighted by Crippen LogP contribution is -2.29. The molecule has 1 aromatic carbocycles. The maximum absolute atomic E-state index is 11.2. The van der Waals surface area contributed by atoms with Crippen molar-refractivity contribution in [2.75, 3.05) is 7.11 Å². The molecule has 4 heteroatoms. The first-order valence-electron chi connectivity index (χ1n) is 5.81. The highest BCUT2D eigenvalue weighted by molar-refractivity contribution is 6.35. The lowest BCUT2D eigenvalue weighted by Gasteiger charge is -2.15. The summed E-state index contributed by atoms with van der Waals surface area (Å²) < 4.78 is 5.33. The average molecular weight is 249 g/mol. The fourth-order valence-electron chi connectivity index (χ4n) is 1.94. The van der Waals surface area contributed by atoms with E-state index in [0.29, 0.717) is 6.54 Å². The number of carbonyl (C=O) groups is 2. The van der Waals surface area contributed by atoms with Crippen molar-refractivity contribution in [1.82, 2.24) is 5.32 Å². The van der Waals surface area contributed by atoms with Gasteiger partial charge < -0.3 is 10.1 Å². The minimum Gasteiger partial charge on any atom is -0.496 e. The lowest BCUT2D eigenvalue weighted by atomic mass is 9.98. The molecule has 1 aromatic rings. The predicted octanol–water partition coefficient (Wildman–Crippen LogP) is 1.83. The number of amides is 1. The highest BCUT2D eigenvalue weighted by Gasteiger charge is 2.12. The minimum absolute atomic E-state index is 0.357. The van der Waals surface area contributed by atoms with E-state index in [9.17, 15) is 9.59 Å². The minimum atomic E-state index is -0.555. The molecular weight excluding hydrogens is 230 g/mol. The van der Waals surface area contributed by atoms with E-state index >= 15 is 0 Å². The maximum Gasteiger partial charge on any atom is 0.287 e. The largest absolute Gasteiger partial charge is 0.496 e. The number of rotatable bonds is 4. The van der Waals surface area contributed by atoms with Crippen LogP contribution in [-0.4, -0.2) is 18.8 Å². The van der Waals surface area contributed by atoms with Gasteiger partial charge in [-0.25, -0.2) is 0 Å². The van der Waals surface area contributed by atoms with Crippen LogP contribution in [0.5, 0.6) is 5.75 Å². The summed E-state index contributed by atoms with van der Waals surface area (Å²) >= 11 is 0. The van der Waals surface area contributed by atoms with Crippen LogP contribution in [0.15, 0.2) is 6.07 Å². The van der Waals surface area contributed by atoms with Gasteiger partial charge in [-0.1, -0.05) is 6.07 Å². The van der Waals surface area contributed by atoms with Crippen molar-refractivity contribution in [1.29, 1.82) is 0 Å². The molecule has 18 heavy (non-hydrogen) atoms. The van der Waals surface area contributed by atoms with Gasteiger partial charge in [-0.15, -0.1) is 0 Å². The molecule has 0 fully saturated rings. The number of hydrogen-bond acceptors (Lipinski definition) is 3. The van der Waals surface area contributed by atoms with Crippen LogP contribution in [0.3, 0.4) is 0 Å². The third-order valence-corrected chi connectivity index (χ3v) is 3.10. The van der Waals surface area contributed by atoms with E-state index < -0.39 is 11.7 Å². The normalized spacial score (nSPS) is 10.1. The molecule has 0 saturated carbocycles. The number of Topliss-reactive ketones (excluding diaryl/α,β-unsaturated/α-hetero) is 1. The van der Waals surface area contributed by atoms with Crippen molar-refractivity contribution in [3.63, 3.8) is 0 Å². The van der Waals surface area contributed by atoms with Crippen LogP contribution in [0.25, 0.3) is 0 Å². The maximum atomic E-state index is 11.2. The molecular formula is C14H19NO3. The van der Waals surface area contributed by atoms with E-state index in [1.54, 1.807) is 7.11 Å². The van der Waals surface area contributed by atoms with E-state index in [0.717, 1.165) is 28.0 Å². The van der Waals surface area contributed by atoms with Crippen LogP contribution in [0.2, 0.25) is 0 Å². The summed E-state index contributed by atoms with van der Waals surface area (Å²) in [7, 11) is 1.64. The number of aryl methyl sites for hydroxylation is 1. The summed E-state index contributed by atoms with van der Waals surface area (Å²) in [5, 5.41) is 2.60. The van der Waals surface area contributed by atoms with E-state index in [-0.39, 0.29) is 0 Å². The first kappa shape index (κ1) is 14.2. The van der Waals surface area contributed by atoms with E-state index in [1.165, 1.54) is 6.92 Å². The fourth-order valence-corrected chi connectivity index (χ4v) is 1.94. The first-order valence-corrected chi connectivity index (χ1v) is 5.81. The quantitative estimate of drug-likeness (QED) is 0.828. The fraction of sp³-hybridized carbons (Fsp3) is 0.429. The molecule has 0 aliphatic heterocycles. The van der Waals surface area contributed by atoms with Crippen LogP contribution < -0.4 is 10.1 Å². The molecule has 0 radical (unpaired) electrons. The van der Waals surface area contributed by atoms with E-state index in [1.807, 2.05) is 26.8 Å². The number of hydrogen-bond donors (Lipinski definition) is 1. The van der Waals surface area contributed by atoms with Gasteiger partial charge in [0.05, 0.1) is 7.11 Å². The van der Waals surface area contributed by atoms with Gasteiger partial charge in [-0.3, -0.25) is 9.59 Å². The second kappa shape index (κ2) is 5.67. The Morgan fingerprint density at radius 2 is 1.83 bits per heavy atom. The number of nitrogens with one attached hydrogen (secondary N) is 1. The van der Waals surface area contributed by atoms with E-state index in [2.05, 4.69) is 5.32 Å². The molecule has 0 heterocycles. The van der Waals surface area contributed by atoms with Crippen molar-refractivity contribution in [2.24, 2.45) is 0 Å². The van der Waals surface area contributed by atoms with Gasteiger partial charge >= 0.3 is 0 Å². The number of benzene rings is 1.